The van der Waals surface area contributed by atoms with Crippen molar-refractivity contribution in [3.63, 3.8) is 0 Å². The van der Waals surface area contributed by atoms with E-state index in [2.05, 4.69) is 12.1 Å². The lowest BCUT2D eigenvalue weighted by Crippen LogP contribution is -2.20. The van der Waals surface area contributed by atoms with Crippen LogP contribution in [0.4, 0.5) is 0 Å². The quantitative estimate of drug-likeness (QED) is 0.837. The highest BCUT2D eigenvalue weighted by Crippen LogP contribution is 2.33. The average Bonchev–Trinajstić information content (AvgIpc) is 2.69. The second kappa shape index (κ2) is 5.00. The summed E-state index contributed by atoms with van der Waals surface area (Å²) in [6, 6.07) is 8.22. The minimum atomic E-state index is 0.737. The summed E-state index contributed by atoms with van der Waals surface area (Å²) in [6.45, 7) is 0.845. The molecule has 2 atom stereocenters. The van der Waals surface area contributed by atoms with Crippen LogP contribution in [-0.4, -0.2) is 6.54 Å². The molecule has 0 bridgehead atoms. The molecule has 1 aromatic carbocycles. The van der Waals surface area contributed by atoms with Gasteiger partial charge in [0.1, 0.15) is 0 Å². The van der Waals surface area contributed by atoms with Crippen molar-refractivity contribution < 1.29 is 0 Å². The molecule has 2 unspecified atom stereocenters. The number of hydrogen-bond acceptors (Lipinski definition) is 1. The fraction of sp³-hybridized carbons (Fsp3) is 0.538. The van der Waals surface area contributed by atoms with Crippen LogP contribution in [0.3, 0.4) is 0 Å². The van der Waals surface area contributed by atoms with E-state index in [4.69, 9.17) is 17.3 Å². The van der Waals surface area contributed by atoms with Crippen LogP contribution < -0.4 is 5.73 Å². The molecule has 2 heteroatoms. The first kappa shape index (κ1) is 11.0. The van der Waals surface area contributed by atoms with Crippen molar-refractivity contribution in [3.8, 4) is 0 Å². The molecule has 0 saturated heterocycles. The van der Waals surface area contributed by atoms with E-state index >= 15 is 0 Å². The summed E-state index contributed by atoms with van der Waals surface area (Å²) < 4.78 is 0. The van der Waals surface area contributed by atoms with Gasteiger partial charge in [0.05, 0.1) is 0 Å². The van der Waals surface area contributed by atoms with Gasteiger partial charge < -0.3 is 5.73 Å². The molecule has 0 heterocycles. The van der Waals surface area contributed by atoms with Crippen LogP contribution in [0.25, 0.3) is 0 Å². The van der Waals surface area contributed by atoms with E-state index in [1.807, 2.05) is 12.1 Å². The van der Waals surface area contributed by atoms with Crippen molar-refractivity contribution >= 4 is 11.6 Å². The van der Waals surface area contributed by atoms with Crippen LogP contribution >= 0.6 is 11.6 Å². The van der Waals surface area contributed by atoms with Crippen molar-refractivity contribution in [2.24, 2.45) is 17.6 Å². The Labute approximate surface area is 96.6 Å². The van der Waals surface area contributed by atoms with E-state index in [0.29, 0.717) is 0 Å². The first-order chi connectivity index (χ1) is 7.29. The maximum Gasteiger partial charge on any atom is 0.0406 e. The second-order valence-electron chi connectivity index (χ2n) is 4.52. The number of halogens is 1. The van der Waals surface area contributed by atoms with Crippen LogP contribution in [0.5, 0.6) is 0 Å². The molecule has 1 nitrogen and oxygen atoms in total. The van der Waals surface area contributed by atoms with Gasteiger partial charge in [0.15, 0.2) is 0 Å². The lowest BCUT2D eigenvalue weighted by molar-refractivity contribution is 0.394. The summed E-state index contributed by atoms with van der Waals surface area (Å²) in [5.41, 5.74) is 7.17. The predicted octanol–water partition coefficient (Wildman–Crippen LogP) is 3.26. The zero-order valence-corrected chi connectivity index (χ0v) is 9.71. The van der Waals surface area contributed by atoms with Crippen molar-refractivity contribution in [1.82, 2.24) is 0 Å². The molecule has 1 fully saturated rings. The van der Waals surface area contributed by atoms with Gasteiger partial charge in [-0.15, -0.1) is 0 Å². The van der Waals surface area contributed by atoms with Crippen molar-refractivity contribution in [2.45, 2.75) is 25.7 Å². The minimum Gasteiger partial charge on any atom is -0.330 e. The third-order valence-corrected chi connectivity index (χ3v) is 3.78. The van der Waals surface area contributed by atoms with Gasteiger partial charge in [-0.05, 0) is 55.3 Å². The monoisotopic (exact) mass is 223 g/mol. The van der Waals surface area contributed by atoms with Crippen molar-refractivity contribution in [2.75, 3.05) is 6.54 Å². The summed E-state index contributed by atoms with van der Waals surface area (Å²) >= 11 is 5.86. The van der Waals surface area contributed by atoms with Crippen LogP contribution in [0, 0.1) is 11.8 Å². The molecular formula is C13H18ClN. The second-order valence-corrected chi connectivity index (χ2v) is 4.95. The van der Waals surface area contributed by atoms with Gasteiger partial charge in [0, 0.05) is 5.02 Å². The van der Waals surface area contributed by atoms with Gasteiger partial charge in [0.25, 0.3) is 0 Å². The summed E-state index contributed by atoms with van der Waals surface area (Å²) in [5.74, 6) is 1.52. The van der Waals surface area contributed by atoms with Gasteiger partial charge in [0.2, 0.25) is 0 Å². The number of benzene rings is 1. The first-order valence-electron chi connectivity index (χ1n) is 5.74. The Hall–Kier alpha value is -0.530. The van der Waals surface area contributed by atoms with Gasteiger partial charge in [-0.3, -0.25) is 0 Å². The first-order valence-corrected chi connectivity index (χ1v) is 6.12. The highest BCUT2D eigenvalue weighted by molar-refractivity contribution is 6.30. The summed E-state index contributed by atoms with van der Waals surface area (Å²) in [5, 5.41) is 0.820. The maximum absolute atomic E-state index is 5.86. The molecular weight excluding hydrogens is 206 g/mol. The van der Waals surface area contributed by atoms with Crippen molar-refractivity contribution in [3.05, 3.63) is 34.9 Å². The standard InChI is InChI=1S/C13H18ClN/c14-13-6-4-10(5-7-13)8-11-2-1-3-12(11)9-15/h4-7,11-12H,1-3,8-9,15H2. The Bertz CT molecular complexity index is 307. The molecule has 82 valence electrons. The van der Waals surface area contributed by atoms with Crippen molar-refractivity contribution in [1.29, 1.82) is 0 Å². The third-order valence-electron chi connectivity index (χ3n) is 3.53. The highest BCUT2D eigenvalue weighted by Gasteiger charge is 2.25. The molecule has 1 aliphatic carbocycles. The minimum absolute atomic E-state index is 0.737. The Kier molecular flexibility index (Phi) is 3.66. The maximum atomic E-state index is 5.86. The van der Waals surface area contributed by atoms with E-state index < -0.39 is 0 Å². The van der Waals surface area contributed by atoms with Crippen LogP contribution in [0.15, 0.2) is 24.3 Å². The summed E-state index contributed by atoms with van der Waals surface area (Å²) in [7, 11) is 0. The van der Waals surface area contributed by atoms with Gasteiger partial charge in [-0.25, -0.2) is 0 Å². The van der Waals surface area contributed by atoms with Crippen LogP contribution in [0.1, 0.15) is 24.8 Å². The molecule has 1 aliphatic rings. The van der Waals surface area contributed by atoms with Crippen LogP contribution in [-0.2, 0) is 6.42 Å². The third kappa shape index (κ3) is 2.73. The van der Waals surface area contributed by atoms with E-state index in [1.165, 1.54) is 31.2 Å². The smallest absolute Gasteiger partial charge is 0.0406 e. The fourth-order valence-corrected chi connectivity index (χ4v) is 2.74. The number of nitrogens with two attached hydrogens (primary N) is 1. The van der Waals surface area contributed by atoms with E-state index in [-0.39, 0.29) is 0 Å². The van der Waals surface area contributed by atoms with Gasteiger partial charge in [-0.2, -0.15) is 0 Å². The van der Waals surface area contributed by atoms with E-state index in [9.17, 15) is 0 Å². The molecule has 1 saturated carbocycles. The SMILES string of the molecule is NCC1CCCC1Cc1ccc(Cl)cc1. The molecule has 0 radical (unpaired) electrons. The molecule has 0 aromatic heterocycles. The molecule has 0 aliphatic heterocycles. The van der Waals surface area contributed by atoms with Gasteiger partial charge >= 0.3 is 0 Å². The van der Waals surface area contributed by atoms with E-state index in [0.717, 1.165) is 23.4 Å². The zero-order chi connectivity index (χ0) is 10.7. The number of rotatable bonds is 3. The normalized spacial score (nSPS) is 25.7. The number of hydrogen-bond donors (Lipinski definition) is 1. The molecule has 0 spiro atoms. The lowest BCUT2D eigenvalue weighted by Gasteiger charge is -2.17. The topological polar surface area (TPSA) is 26.0 Å². The molecule has 15 heavy (non-hydrogen) atoms. The summed E-state index contributed by atoms with van der Waals surface area (Å²) in [4.78, 5) is 0. The lowest BCUT2D eigenvalue weighted by atomic mass is 9.90. The predicted molar refractivity (Wildman–Crippen MR) is 65.0 cm³/mol. The summed E-state index contributed by atoms with van der Waals surface area (Å²) in [6.07, 6.45) is 5.17. The van der Waals surface area contributed by atoms with Gasteiger partial charge in [-0.1, -0.05) is 30.2 Å². The Balaban J connectivity index is 1.99. The zero-order valence-electron chi connectivity index (χ0n) is 8.95. The Morgan fingerprint density at radius 1 is 1.13 bits per heavy atom. The highest BCUT2D eigenvalue weighted by atomic mass is 35.5. The Morgan fingerprint density at radius 2 is 1.80 bits per heavy atom. The fourth-order valence-electron chi connectivity index (χ4n) is 2.62. The molecule has 2 rings (SSSR count). The Morgan fingerprint density at radius 3 is 2.47 bits per heavy atom. The molecule has 0 amide bonds. The van der Waals surface area contributed by atoms with E-state index in [1.54, 1.807) is 0 Å². The van der Waals surface area contributed by atoms with Crippen LogP contribution in [0.2, 0.25) is 5.02 Å². The average molecular weight is 224 g/mol. The molecule has 1 aromatic rings. The molecule has 2 N–H and O–H groups in total. The largest absolute Gasteiger partial charge is 0.330 e.